The lowest BCUT2D eigenvalue weighted by Gasteiger charge is -2.11. The van der Waals surface area contributed by atoms with Crippen LogP contribution >= 0.6 is 0 Å². The highest BCUT2D eigenvalue weighted by Gasteiger charge is 2.04. The quantitative estimate of drug-likeness (QED) is 0.727. The molecular weight excluding hydrogens is 302 g/mol. The summed E-state index contributed by atoms with van der Waals surface area (Å²) in [6, 6.07) is 14.8. The van der Waals surface area contributed by atoms with Crippen LogP contribution < -0.4 is 15.1 Å². The molecule has 1 heterocycles. The SMILES string of the molecule is COc1ccc2oc(/C=C/c3ccc(N(C)C)cc3)cc(=O)c2c1. The van der Waals surface area contributed by atoms with Crippen LogP contribution in [0.25, 0.3) is 23.1 Å². The lowest BCUT2D eigenvalue weighted by Crippen LogP contribution is -2.07. The van der Waals surface area contributed by atoms with Gasteiger partial charge in [-0.25, -0.2) is 0 Å². The number of rotatable bonds is 4. The third-order valence-corrected chi connectivity index (χ3v) is 3.80. The van der Waals surface area contributed by atoms with Crippen LogP contribution in [0.15, 0.2) is 57.7 Å². The number of benzene rings is 2. The zero-order chi connectivity index (χ0) is 17.1. The molecule has 3 rings (SSSR count). The largest absolute Gasteiger partial charge is 0.497 e. The topological polar surface area (TPSA) is 42.7 Å². The van der Waals surface area contributed by atoms with Crippen molar-refractivity contribution in [3.05, 3.63) is 70.1 Å². The van der Waals surface area contributed by atoms with E-state index in [2.05, 4.69) is 0 Å². The van der Waals surface area contributed by atoms with E-state index in [1.165, 1.54) is 6.07 Å². The molecule has 0 aliphatic rings. The van der Waals surface area contributed by atoms with Crippen LogP contribution in [0.1, 0.15) is 11.3 Å². The van der Waals surface area contributed by atoms with Gasteiger partial charge >= 0.3 is 0 Å². The van der Waals surface area contributed by atoms with Crippen LogP contribution in [-0.4, -0.2) is 21.2 Å². The summed E-state index contributed by atoms with van der Waals surface area (Å²) in [5.74, 6) is 1.16. The van der Waals surface area contributed by atoms with Gasteiger partial charge in [-0.3, -0.25) is 4.79 Å². The minimum atomic E-state index is -0.0854. The summed E-state index contributed by atoms with van der Waals surface area (Å²) in [5, 5.41) is 0.516. The summed E-state index contributed by atoms with van der Waals surface area (Å²) < 4.78 is 10.9. The summed E-state index contributed by atoms with van der Waals surface area (Å²) in [7, 11) is 5.58. The number of methoxy groups -OCH3 is 1. The van der Waals surface area contributed by atoms with Crippen molar-refractivity contribution in [3.8, 4) is 5.75 Å². The molecule has 0 unspecified atom stereocenters. The minimum absolute atomic E-state index is 0.0854. The van der Waals surface area contributed by atoms with Gasteiger partial charge in [0.25, 0.3) is 0 Å². The second-order valence-corrected chi connectivity index (χ2v) is 5.69. The fraction of sp³-hybridized carbons (Fsp3) is 0.150. The molecule has 0 atom stereocenters. The average Bonchev–Trinajstić information content (AvgIpc) is 2.60. The first-order valence-corrected chi connectivity index (χ1v) is 7.64. The van der Waals surface area contributed by atoms with Gasteiger partial charge in [0.15, 0.2) is 5.43 Å². The van der Waals surface area contributed by atoms with Crippen LogP contribution in [0, 0.1) is 0 Å². The summed E-state index contributed by atoms with van der Waals surface area (Å²) in [6.07, 6.45) is 3.73. The lowest BCUT2D eigenvalue weighted by molar-refractivity contribution is 0.415. The summed E-state index contributed by atoms with van der Waals surface area (Å²) in [5.41, 5.74) is 2.64. The molecule has 122 valence electrons. The number of nitrogens with zero attached hydrogens (tertiary/aromatic N) is 1. The summed E-state index contributed by atoms with van der Waals surface area (Å²) in [6.45, 7) is 0. The van der Waals surface area contributed by atoms with E-state index in [0.717, 1.165) is 11.3 Å². The predicted octanol–water partition coefficient (Wildman–Crippen LogP) is 4.04. The number of hydrogen-bond donors (Lipinski definition) is 0. The van der Waals surface area contributed by atoms with Gasteiger partial charge in [0.1, 0.15) is 17.1 Å². The monoisotopic (exact) mass is 321 g/mol. The van der Waals surface area contributed by atoms with Crippen LogP contribution in [0.2, 0.25) is 0 Å². The second-order valence-electron chi connectivity index (χ2n) is 5.69. The molecular formula is C20H19NO3. The Morgan fingerprint density at radius 1 is 1.00 bits per heavy atom. The van der Waals surface area contributed by atoms with E-state index >= 15 is 0 Å². The summed E-state index contributed by atoms with van der Waals surface area (Å²) in [4.78, 5) is 14.3. The molecule has 4 nitrogen and oxygen atoms in total. The fourth-order valence-electron chi connectivity index (χ4n) is 2.43. The maximum Gasteiger partial charge on any atom is 0.193 e. The highest BCUT2D eigenvalue weighted by Crippen LogP contribution is 2.20. The first kappa shape index (κ1) is 15.9. The third-order valence-electron chi connectivity index (χ3n) is 3.80. The molecule has 0 spiro atoms. The van der Waals surface area contributed by atoms with Gasteiger partial charge in [0, 0.05) is 25.8 Å². The van der Waals surface area contributed by atoms with Gasteiger partial charge in [-0.2, -0.15) is 0 Å². The number of hydrogen-bond acceptors (Lipinski definition) is 4. The van der Waals surface area contributed by atoms with E-state index in [-0.39, 0.29) is 5.43 Å². The van der Waals surface area contributed by atoms with Crippen molar-refractivity contribution in [2.24, 2.45) is 0 Å². The van der Waals surface area contributed by atoms with Gasteiger partial charge in [-0.1, -0.05) is 18.2 Å². The smallest absolute Gasteiger partial charge is 0.193 e. The van der Waals surface area contributed by atoms with Crippen molar-refractivity contribution in [3.63, 3.8) is 0 Å². The Bertz CT molecular complexity index is 937. The lowest BCUT2D eigenvalue weighted by atomic mass is 10.1. The molecule has 0 fully saturated rings. The zero-order valence-corrected chi connectivity index (χ0v) is 13.9. The molecule has 0 amide bonds. The Morgan fingerprint density at radius 2 is 1.75 bits per heavy atom. The Labute approximate surface area is 140 Å². The van der Waals surface area contributed by atoms with Crippen molar-refractivity contribution < 1.29 is 9.15 Å². The van der Waals surface area contributed by atoms with E-state index in [4.69, 9.17) is 9.15 Å². The van der Waals surface area contributed by atoms with Crippen molar-refractivity contribution >= 4 is 28.8 Å². The van der Waals surface area contributed by atoms with Gasteiger partial charge in [0.05, 0.1) is 12.5 Å². The average molecular weight is 321 g/mol. The van der Waals surface area contributed by atoms with E-state index in [1.807, 2.05) is 49.3 Å². The van der Waals surface area contributed by atoms with Crippen LogP contribution in [0.4, 0.5) is 5.69 Å². The highest BCUT2D eigenvalue weighted by molar-refractivity contribution is 5.79. The molecule has 0 aliphatic heterocycles. The molecule has 2 aromatic carbocycles. The van der Waals surface area contributed by atoms with Crippen LogP contribution in [0.5, 0.6) is 5.75 Å². The van der Waals surface area contributed by atoms with Crippen molar-refractivity contribution in [2.45, 2.75) is 0 Å². The van der Waals surface area contributed by atoms with Crippen LogP contribution in [-0.2, 0) is 0 Å². The number of ether oxygens (including phenoxy) is 1. The Kier molecular flexibility index (Phi) is 4.38. The number of fused-ring (bicyclic) bond motifs is 1. The van der Waals surface area contributed by atoms with Gasteiger partial charge in [-0.15, -0.1) is 0 Å². The van der Waals surface area contributed by atoms with Crippen molar-refractivity contribution in [1.29, 1.82) is 0 Å². The first-order chi connectivity index (χ1) is 11.6. The Balaban J connectivity index is 1.91. The molecule has 0 saturated carbocycles. The highest BCUT2D eigenvalue weighted by atomic mass is 16.5. The molecule has 24 heavy (non-hydrogen) atoms. The van der Waals surface area contributed by atoms with E-state index in [9.17, 15) is 4.79 Å². The standard InChI is InChI=1S/C20H19NO3/c1-21(2)15-7-4-14(5-8-15)6-9-17-13-19(22)18-12-16(23-3)10-11-20(18)24-17/h4-13H,1-3H3/b9-6+. The Morgan fingerprint density at radius 3 is 2.42 bits per heavy atom. The van der Waals surface area contributed by atoms with Gasteiger partial charge in [0.2, 0.25) is 0 Å². The van der Waals surface area contributed by atoms with Crippen LogP contribution in [0.3, 0.4) is 0 Å². The molecule has 0 N–H and O–H groups in total. The van der Waals surface area contributed by atoms with Gasteiger partial charge < -0.3 is 14.1 Å². The predicted molar refractivity (Wildman–Crippen MR) is 98.7 cm³/mol. The second kappa shape index (κ2) is 6.62. The third kappa shape index (κ3) is 3.33. The molecule has 0 saturated heterocycles. The molecule has 0 aliphatic carbocycles. The normalized spacial score (nSPS) is 11.1. The summed E-state index contributed by atoms with van der Waals surface area (Å²) >= 11 is 0. The molecule has 3 aromatic rings. The maximum atomic E-state index is 12.2. The first-order valence-electron chi connectivity index (χ1n) is 7.64. The van der Waals surface area contributed by atoms with E-state index < -0.39 is 0 Å². The molecule has 0 radical (unpaired) electrons. The number of anilines is 1. The van der Waals surface area contributed by atoms with E-state index in [1.54, 1.807) is 31.4 Å². The minimum Gasteiger partial charge on any atom is -0.497 e. The van der Waals surface area contributed by atoms with Gasteiger partial charge in [-0.05, 0) is 42.0 Å². The maximum absolute atomic E-state index is 12.2. The fourth-order valence-corrected chi connectivity index (χ4v) is 2.43. The molecule has 4 heteroatoms. The van der Waals surface area contributed by atoms with Crippen molar-refractivity contribution in [2.75, 3.05) is 26.1 Å². The zero-order valence-electron chi connectivity index (χ0n) is 13.9. The Hall–Kier alpha value is -3.01. The van der Waals surface area contributed by atoms with E-state index in [0.29, 0.717) is 22.5 Å². The molecule has 0 bridgehead atoms. The molecule has 1 aromatic heterocycles. The van der Waals surface area contributed by atoms with Crippen molar-refractivity contribution in [1.82, 2.24) is 0 Å².